The third kappa shape index (κ3) is 1.35. The van der Waals surface area contributed by atoms with E-state index < -0.39 is 0 Å². The van der Waals surface area contributed by atoms with E-state index in [1.165, 1.54) is 0 Å². The first-order chi connectivity index (χ1) is 5.86. The zero-order chi connectivity index (χ0) is 8.39. The second-order valence-electron chi connectivity index (χ2n) is 3.29. The lowest BCUT2D eigenvalue weighted by Crippen LogP contribution is -2.14. The van der Waals surface area contributed by atoms with Gasteiger partial charge in [0, 0.05) is 19.3 Å². The molecule has 1 unspecified atom stereocenters. The summed E-state index contributed by atoms with van der Waals surface area (Å²) in [6, 6.07) is 2.00. The first-order valence-electron chi connectivity index (χ1n) is 4.28. The summed E-state index contributed by atoms with van der Waals surface area (Å²) in [4.78, 5) is 4.06. The van der Waals surface area contributed by atoms with Crippen LogP contribution >= 0.6 is 0 Å². The van der Waals surface area contributed by atoms with Gasteiger partial charge in [0.2, 0.25) is 0 Å². The molecule has 0 aromatic carbocycles. The van der Waals surface area contributed by atoms with Gasteiger partial charge in [-0.1, -0.05) is 6.92 Å². The molecule has 64 valence electrons. The van der Waals surface area contributed by atoms with Crippen molar-refractivity contribution < 1.29 is 0 Å². The van der Waals surface area contributed by atoms with Gasteiger partial charge in [-0.2, -0.15) is 0 Å². The highest BCUT2D eigenvalue weighted by atomic mass is 15.0. The first-order valence-corrected chi connectivity index (χ1v) is 4.28. The lowest BCUT2D eigenvalue weighted by molar-refractivity contribution is 0.657. The molecule has 0 spiro atoms. The van der Waals surface area contributed by atoms with Crippen LogP contribution in [0.1, 0.15) is 6.92 Å². The summed E-state index contributed by atoms with van der Waals surface area (Å²) in [5.41, 5.74) is 2.27. The number of rotatable bonds is 0. The Morgan fingerprint density at radius 2 is 2.08 bits per heavy atom. The van der Waals surface area contributed by atoms with Crippen LogP contribution in [0, 0.1) is 5.92 Å². The molecule has 2 rings (SSSR count). The molecule has 0 saturated heterocycles. The summed E-state index contributed by atoms with van der Waals surface area (Å²) in [5.74, 6) is 0.664. The third-order valence-corrected chi connectivity index (χ3v) is 2.10. The van der Waals surface area contributed by atoms with Crippen LogP contribution in [0.3, 0.4) is 0 Å². The van der Waals surface area contributed by atoms with Crippen molar-refractivity contribution in [3.63, 3.8) is 0 Å². The van der Waals surface area contributed by atoms with Gasteiger partial charge in [-0.3, -0.25) is 4.98 Å². The molecule has 0 bridgehead atoms. The van der Waals surface area contributed by atoms with E-state index in [-0.39, 0.29) is 0 Å². The first kappa shape index (κ1) is 7.40. The predicted octanol–water partition coefficient (Wildman–Crippen LogP) is 1.56. The number of hydrogen-bond acceptors (Lipinski definition) is 3. The maximum Gasteiger partial charge on any atom is 0.0762 e. The molecule has 2 heterocycles. The minimum atomic E-state index is 0.664. The Morgan fingerprint density at radius 1 is 1.33 bits per heavy atom. The Balaban J connectivity index is 2.26. The van der Waals surface area contributed by atoms with E-state index in [4.69, 9.17) is 0 Å². The number of hydrogen-bond donors (Lipinski definition) is 2. The quantitative estimate of drug-likeness (QED) is 0.609. The topological polar surface area (TPSA) is 37.0 Å². The van der Waals surface area contributed by atoms with E-state index in [1.807, 2.05) is 18.5 Å². The third-order valence-electron chi connectivity index (χ3n) is 2.10. The van der Waals surface area contributed by atoms with Gasteiger partial charge in [-0.05, 0) is 12.0 Å². The SMILES string of the molecule is CC1CNc2ccncc2NC1. The zero-order valence-corrected chi connectivity index (χ0v) is 7.17. The molecule has 0 saturated carbocycles. The number of anilines is 2. The van der Waals surface area contributed by atoms with E-state index in [0.717, 1.165) is 24.5 Å². The van der Waals surface area contributed by atoms with E-state index in [1.54, 1.807) is 0 Å². The fourth-order valence-electron chi connectivity index (χ4n) is 1.33. The average Bonchev–Trinajstić information content (AvgIpc) is 2.29. The molecule has 0 radical (unpaired) electrons. The van der Waals surface area contributed by atoms with Crippen molar-refractivity contribution >= 4 is 11.4 Å². The second-order valence-corrected chi connectivity index (χ2v) is 3.29. The van der Waals surface area contributed by atoms with Gasteiger partial charge in [-0.25, -0.2) is 0 Å². The van der Waals surface area contributed by atoms with Gasteiger partial charge in [0.15, 0.2) is 0 Å². The van der Waals surface area contributed by atoms with Crippen LogP contribution in [-0.4, -0.2) is 18.1 Å². The maximum atomic E-state index is 4.06. The van der Waals surface area contributed by atoms with Crippen LogP contribution in [0.15, 0.2) is 18.5 Å². The molecule has 3 nitrogen and oxygen atoms in total. The highest BCUT2D eigenvalue weighted by molar-refractivity contribution is 5.67. The summed E-state index contributed by atoms with van der Waals surface area (Å²) in [5, 5.41) is 6.72. The van der Waals surface area contributed by atoms with Crippen LogP contribution in [0.25, 0.3) is 0 Å². The summed E-state index contributed by atoms with van der Waals surface area (Å²) < 4.78 is 0. The number of fused-ring (bicyclic) bond motifs is 1. The molecule has 1 atom stereocenters. The predicted molar refractivity (Wildman–Crippen MR) is 50.4 cm³/mol. The van der Waals surface area contributed by atoms with Crippen molar-refractivity contribution in [1.29, 1.82) is 0 Å². The Labute approximate surface area is 72.2 Å². The summed E-state index contributed by atoms with van der Waals surface area (Å²) in [6.07, 6.45) is 3.67. The van der Waals surface area contributed by atoms with Crippen LogP contribution in [0.5, 0.6) is 0 Å². The van der Waals surface area contributed by atoms with Gasteiger partial charge in [0.1, 0.15) is 0 Å². The molecule has 0 fully saturated rings. The van der Waals surface area contributed by atoms with Crippen LogP contribution in [-0.2, 0) is 0 Å². The Kier molecular flexibility index (Phi) is 1.86. The largest absolute Gasteiger partial charge is 0.383 e. The minimum Gasteiger partial charge on any atom is -0.383 e. The molecule has 1 aliphatic rings. The normalized spacial score (nSPS) is 21.6. The smallest absolute Gasteiger partial charge is 0.0762 e. The standard InChI is InChI=1S/C9H13N3/c1-7-4-11-8-2-3-10-6-9(8)12-5-7/h2-3,6-7,11-12H,4-5H2,1H3. The van der Waals surface area contributed by atoms with Crippen molar-refractivity contribution in [2.75, 3.05) is 23.7 Å². The van der Waals surface area contributed by atoms with Crippen molar-refractivity contribution in [1.82, 2.24) is 4.98 Å². The molecule has 1 aliphatic heterocycles. The van der Waals surface area contributed by atoms with Crippen molar-refractivity contribution in [2.45, 2.75) is 6.92 Å². The number of pyridine rings is 1. The maximum absolute atomic E-state index is 4.06. The molecule has 1 aromatic rings. The Bertz CT molecular complexity index is 245. The molecule has 1 aromatic heterocycles. The van der Waals surface area contributed by atoms with Gasteiger partial charge < -0.3 is 10.6 Å². The van der Waals surface area contributed by atoms with Gasteiger partial charge >= 0.3 is 0 Å². The van der Waals surface area contributed by atoms with Gasteiger partial charge in [0.05, 0.1) is 17.6 Å². The van der Waals surface area contributed by atoms with Gasteiger partial charge in [0.25, 0.3) is 0 Å². The molecular weight excluding hydrogens is 150 g/mol. The second kappa shape index (κ2) is 3.01. The Hall–Kier alpha value is -1.25. The van der Waals surface area contributed by atoms with Gasteiger partial charge in [-0.15, -0.1) is 0 Å². The lowest BCUT2D eigenvalue weighted by atomic mass is 10.2. The number of nitrogens with one attached hydrogen (secondary N) is 2. The summed E-state index contributed by atoms with van der Waals surface area (Å²) >= 11 is 0. The highest BCUT2D eigenvalue weighted by Gasteiger charge is 2.09. The van der Waals surface area contributed by atoms with Crippen LogP contribution in [0.4, 0.5) is 11.4 Å². The van der Waals surface area contributed by atoms with E-state index in [0.29, 0.717) is 5.92 Å². The molecular formula is C9H13N3. The minimum absolute atomic E-state index is 0.664. The van der Waals surface area contributed by atoms with Crippen molar-refractivity contribution in [3.8, 4) is 0 Å². The summed E-state index contributed by atoms with van der Waals surface area (Å²) in [6.45, 7) is 4.27. The fourth-order valence-corrected chi connectivity index (χ4v) is 1.33. The van der Waals surface area contributed by atoms with Crippen molar-refractivity contribution in [2.24, 2.45) is 5.92 Å². The molecule has 3 heteroatoms. The molecule has 2 N–H and O–H groups in total. The number of aromatic nitrogens is 1. The van der Waals surface area contributed by atoms with E-state index >= 15 is 0 Å². The Morgan fingerprint density at radius 3 is 2.92 bits per heavy atom. The van der Waals surface area contributed by atoms with E-state index in [2.05, 4.69) is 22.5 Å². The monoisotopic (exact) mass is 163 g/mol. The number of nitrogens with zero attached hydrogens (tertiary/aromatic N) is 1. The zero-order valence-electron chi connectivity index (χ0n) is 7.17. The molecule has 0 aliphatic carbocycles. The average molecular weight is 163 g/mol. The van der Waals surface area contributed by atoms with Crippen LogP contribution < -0.4 is 10.6 Å². The van der Waals surface area contributed by atoms with E-state index in [9.17, 15) is 0 Å². The highest BCUT2D eigenvalue weighted by Crippen LogP contribution is 2.22. The summed E-state index contributed by atoms with van der Waals surface area (Å²) in [7, 11) is 0. The molecule has 0 amide bonds. The fraction of sp³-hybridized carbons (Fsp3) is 0.444. The van der Waals surface area contributed by atoms with Crippen molar-refractivity contribution in [3.05, 3.63) is 18.5 Å². The lowest BCUT2D eigenvalue weighted by Gasteiger charge is -2.05. The van der Waals surface area contributed by atoms with Crippen LogP contribution in [0.2, 0.25) is 0 Å². The molecule has 12 heavy (non-hydrogen) atoms.